The van der Waals surface area contributed by atoms with Crippen LogP contribution in [-0.2, 0) is 4.79 Å². The van der Waals surface area contributed by atoms with Crippen LogP contribution in [0.5, 0.6) is 0 Å². The molecule has 0 spiro atoms. The number of imide groups is 1. The Kier molecular flexibility index (Phi) is 4.44. The molecule has 2 N–H and O–H groups in total. The number of nitrogens with zero attached hydrogens (tertiary/aromatic N) is 1. The molecule has 1 aromatic rings. The molecule has 0 atom stereocenters. The van der Waals surface area contributed by atoms with Gasteiger partial charge in [-0.3, -0.25) is 19.3 Å². The van der Waals surface area contributed by atoms with Crippen LogP contribution >= 0.6 is 12.2 Å². The van der Waals surface area contributed by atoms with Crippen molar-refractivity contribution in [2.24, 2.45) is 0 Å². The van der Waals surface area contributed by atoms with E-state index >= 15 is 0 Å². The first-order valence-corrected chi connectivity index (χ1v) is 6.59. The van der Waals surface area contributed by atoms with Gasteiger partial charge in [-0.1, -0.05) is 18.2 Å². The molecule has 0 saturated carbocycles. The van der Waals surface area contributed by atoms with Crippen molar-refractivity contribution in [3.05, 3.63) is 48.0 Å². The van der Waals surface area contributed by atoms with Crippen molar-refractivity contribution in [2.45, 2.75) is 0 Å². The van der Waals surface area contributed by atoms with E-state index in [1.165, 1.54) is 0 Å². The highest BCUT2D eigenvalue weighted by Gasteiger charge is 2.36. The zero-order valence-corrected chi connectivity index (χ0v) is 11.9. The van der Waals surface area contributed by atoms with Crippen molar-refractivity contribution in [1.29, 1.82) is 0 Å². The third-order valence-electron chi connectivity index (χ3n) is 2.84. The largest absolute Gasteiger partial charge is 0.359 e. The molecule has 1 aliphatic rings. The van der Waals surface area contributed by atoms with Crippen LogP contribution in [0.25, 0.3) is 0 Å². The van der Waals surface area contributed by atoms with E-state index in [0.29, 0.717) is 17.7 Å². The molecule has 1 heterocycles. The minimum atomic E-state index is -0.536. The predicted molar refractivity (Wildman–Crippen MR) is 80.7 cm³/mol. The second kappa shape index (κ2) is 6.27. The normalized spacial score (nSPS) is 12.9. The van der Waals surface area contributed by atoms with Crippen LogP contribution in [0.15, 0.2) is 36.9 Å². The zero-order chi connectivity index (χ0) is 15.4. The van der Waals surface area contributed by atoms with E-state index in [2.05, 4.69) is 17.2 Å². The van der Waals surface area contributed by atoms with Gasteiger partial charge in [0, 0.05) is 6.54 Å². The first-order valence-electron chi connectivity index (χ1n) is 6.18. The fraction of sp³-hybridized carbons (Fsp3) is 0.143. The molecule has 0 radical (unpaired) electrons. The fourth-order valence-electron chi connectivity index (χ4n) is 1.90. The van der Waals surface area contributed by atoms with Crippen molar-refractivity contribution in [2.75, 3.05) is 13.1 Å². The summed E-state index contributed by atoms with van der Waals surface area (Å²) < 4.78 is 0. The summed E-state index contributed by atoms with van der Waals surface area (Å²) in [6.07, 6.45) is 1.59. The van der Waals surface area contributed by atoms with Gasteiger partial charge >= 0.3 is 0 Å². The highest BCUT2D eigenvalue weighted by atomic mass is 32.1. The van der Waals surface area contributed by atoms with Gasteiger partial charge in [0.2, 0.25) is 5.91 Å². The number of thiocarbonyl (C=S) groups is 1. The molecule has 6 nitrogen and oxygen atoms in total. The summed E-state index contributed by atoms with van der Waals surface area (Å²) >= 11 is 4.89. The van der Waals surface area contributed by atoms with Crippen LogP contribution in [0.3, 0.4) is 0 Å². The lowest BCUT2D eigenvalue weighted by atomic mass is 10.1. The molecule has 0 aromatic heterocycles. The van der Waals surface area contributed by atoms with E-state index in [1.807, 2.05) is 0 Å². The topological polar surface area (TPSA) is 78.5 Å². The maximum Gasteiger partial charge on any atom is 0.262 e. The van der Waals surface area contributed by atoms with Crippen LogP contribution in [0, 0.1) is 0 Å². The number of hydrogen-bond acceptors (Lipinski definition) is 4. The number of rotatable bonds is 4. The predicted octanol–water partition coefficient (Wildman–Crippen LogP) is 0.459. The van der Waals surface area contributed by atoms with Crippen molar-refractivity contribution in [3.8, 4) is 0 Å². The van der Waals surface area contributed by atoms with E-state index in [0.717, 1.165) is 4.90 Å². The molecule has 3 amide bonds. The van der Waals surface area contributed by atoms with Gasteiger partial charge in [0.05, 0.1) is 11.1 Å². The Hall–Kier alpha value is -2.54. The third kappa shape index (κ3) is 3.14. The molecule has 0 saturated heterocycles. The van der Waals surface area contributed by atoms with Gasteiger partial charge in [0.1, 0.15) is 6.54 Å². The Bertz CT molecular complexity index is 607. The molecule has 0 fully saturated rings. The molecule has 2 rings (SSSR count). The molecular weight excluding hydrogens is 290 g/mol. The summed E-state index contributed by atoms with van der Waals surface area (Å²) in [5.41, 5.74) is 0.616. The number of hydrogen-bond donors (Lipinski definition) is 2. The molecule has 1 aliphatic heterocycles. The quantitative estimate of drug-likeness (QED) is 0.480. The van der Waals surface area contributed by atoms with Crippen molar-refractivity contribution in [3.63, 3.8) is 0 Å². The Morgan fingerprint density at radius 3 is 2.33 bits per heavy atom. The zero-order valence-electron chi connectivity index (χ0n) is 11.1. The molecule has 0 aliphatic carbocycles. The summed E-state index contributed by atoms with van der Waals surface area (Å²) in [6, 6.07) is 6.46. The summed E-state index contributed by atoms with van der Waals surface area (Å²) in [6.45, 7) is 3.54. The minimum absolute atomic E-state index is 0.122. The van der Waals surface area contributed by atoms with E-state index in [9.17, 15) is 14.4 Å². The molecular formula is C14H13N3O3S. The van der Waals surface area contributed by atoms with Gasteiger partial charge in [-0.2, -0.15) is 0 Å². The first-order chi connectivity index (χ1) is 10.0. The van der Waals surface area contributed by atoms with Crippen molar-refractivity contribution in [1.82, 2.24) is 15.5 Å². The average Bonchev–Trinajstić information content (AvgIpc) is 2.71. The maximum absolute atomic E-state index is 12.1. The molecule has 0 unspecified atom stereocenters. The standard InChI is InChI=1S/C14H13N3O3S/c1-2-7-15-14(21)16-11(18)8-17-12(19)9-5-3-4-6-10(9)13(17)20/h2-6H,1,7-8H2,(H2,15,16,18,21). The molecule has 0 bridgehead atoms. The van der Waals surface area contributed by atoms with E-state index < -0.39 is 17.7 Å². The van der Waals surface area contributed by atoms with Crippen LogP contribution in [0.2, 0.25) is 0 Å². The summed E-state index contributed by atoms with van der Waals surface area (Å²) in [7, 11) is 0. The molecule has 108 valence electrons. The number of benzene rings is 1. The summed E-state index contributed by atoms with van der Waals surface area (Å²) in [4.78, 5) is 36.8. The van der Waals surface area contributed by atoms with Gasteiger partial charge in [0.15, 0.2) is 5.11 Å². The smallest absolute Gasteiger partial charge is 0.262 e. The highest BCUT2D eigenvalue weighted by molar-refractivity contribution is 7.80. The van der Waals surface area contributed by atoms with Gasteiger partial charge in [0.25, 0.3) is 11.8 Å². The van der Waals surface area contributed by atoms with E-state index in [-0.39, 0.29) is 11.7 Å². The maximum atomic E-state index is 12.1. The van der Waals surface area contributed by atoms with Crippen molar-refractivity contribution >= 4 is 35.1 Å². The van der Waals surface area contributed by atoms with Gasteiger partial charge in [-0.05, 0) is 24.4 Å². The summed E-state index contributed by atoms with van der Waals surface area (Å²) in [5.74, 6) is -1.49. The molecule has 7 heteroatoms. The van der Waals surface area contributed by atoms with E-state index in [1.54, 1.807) is 30.3 Å². The Morgan fingerprint density at radius 1 is 1.24 bits per heavy atom. The lowest BCUT2D eigenvalue weighted by molar-refractivity contribution is -0.120. The Labute approximate surface area is 126 Å². The minimum Gasteiger partial charge on any atom is -0.359 e. The lowest BCUT2D eigenvalue weighted by Gasteiger charge is -2.14. The lowest BCUT2D eigenvalue weighted by Crippen LogP contribution is -2.45. The third-order valence-corrected chi connectivity index (χ3v) is 3.09. The molecule has 21 heavy (non-hydrogen) atoms. The number of carbonyl (C=O) groups excluding carboxylic acids is 3. The fourth-order valence-corrected chi connectivity index (χ4v) is 2.10. The first kappa shape index (κ1) is 14.9. The average molecular weight is 303 g/mol. The van der Waals surface area contributed by atoms with Crippen LogP contribution in [-0.4, -0.2) is 40.8 Å². The Morgan fingerprint density at radius 2 is 1.81 bits per heavy atom. The SMILES string of the molecule is C=CCNC(=S)NC(=O)CN1C(=O)c2ccccc2C1=O. The Balaban J connectivity index is 2.00. The van der Waals surface area contributed by atoms with Crippen LogP contribution in [0.1, 0.15) is 20.7 Å². The van der Waals surface area contributed by atoms with Crippen molar-refractivity contribution < 1.29 is 14.4 Å². The van der Waals surface area contributed by atoms with Gasteiger partial charge < -0.3 is 10.6 Å². The van der Waals surface area contributed by atoms with Crippen LogP contribution < -0.4 is 10.6 Å². The summed E-state index contributed by atoms with van der Waals surface area (Å²) in [5, 5.41) is 5.24. The molecule has 1 aromatic carbocycles. The second-order valence-corrected chi connectivity index (χ2v) is 4.70. The second-order valence-electron chi connectivity index (χ2n) is 4.29. The number of carbonyl (C=O) groups is 3. The number of fused-ring (bicyclic) bond motifs is 1. The highest BCUT2D eigenvalue weighted by Crippen LogP contribution is 2.21. The number of amides is 3. The van der Waals surface area contributed by atoms with E-state index in [4.69, 9.17) is 12.2 Å². The number of nitrogens with one attached hydrogen (secondary N) is 2. The van der Waals surface area contributed by atoms with Gasteiger partial charge in [-0.15, -0.1) is 6.58 Å². The van der Waals surface area contributed by atoms with Gasteiger partial charge in [-0.25, -0.2) is 0 Å². The monoisotopic (exact) mass is 303 g/mol. The van der Waals surface area contributed by atoms with Crippen LogP contribution in [0.4, 0.5) is 0 Å².